The first-order valence-corrected chi connectivity index (χ1v) is 11.2. The molecule has 0 fully saturated rings. The Morgan fingerprint density at radius 3 is 2.25 bits per heavy atom. The zero-order chi connectivity index (χ0) is 20.6. The lowest BCUT2D eigenvalue weighted by atomic mass is 10.1. The molecule has 0 saturated heterocycles. The first-order valence-electron chi connectivity index (χ1n) is 8.97. The van der Waals surface area contributed by atoms with Gasteiger partial charge in [-0.25, -0.2) is 8.42 Å². The van der Waals surface area contributed by atoms with Crippen molar-refractivity contribution in [2.45, 2.75) is 46.1 Å². The Morgan fingerprint density at radius 2 is 1.68 bits per heavy atom. The van der Waals surface area contributed by atoms with Gasteiger partial charge in [0.15, 0.2) is 0 Å². The van der Waals surface area contributed by atoms with Gasteiger partial charge < -0.3 is 0 Å². The van der Waals surface area contributed by atoms with Crippen molar-refractivity contribution < 1.29 is 8.42 Å². The molecule has 148 valence electrons. The average molecular weight is 462 g/mol. The van der Waals surface area contributed by atoms with Crippen molar-refractivity contribution in [1.29, 1.82) is 0 Å². The van der Waals surface area contributed by atoms with Crippen molar-refractivity contribution in [2.24, 2.45) is 0 Å². The maximum Gasteiger partial charge on any atom is 0.262 e. The first-order chi connectivity index (χ1) is 13.1. The van der Waals surface area contributed by atoms with E-state index in [1.165, 1.54) is 0 Å². The third-order valence-corrected chi connectivity index (χ3v) is 7.51. The summed E-state index contributed by atoms with van der Waals surface area (Å²) in [6.45, 7) is 10.1. The van der Waals surface area contributed by atoms with Gasteiger partial charge in [0.05, 0.1) is 27.3 Å². The molecule has 0 aliphatic heterocycles. The third-order valence-electron chi connectivity index (χ3n) is 4.68. The number of nitrogens with zero attached hydrogens (tertiary/aromatic N) is 2. The van der Waals surface area contributed by atoms with E-state index in [9.17, 15) is 8.42 Å². The van der Waals surface area contributed by atoms with Crippen LogP contribution in [-0.4, -0.2) is 18.2 Å². The number of aryl methyl sites for hydroxylation is 4. The molecule has 1 N–H and O–H groups in total. The molecule has 0 amide bonds. The van der Waals surface area contributed by atoms with Crippen molar-refractivity contribution in [3.8, 4) is 0 Å². The quantitative estimate of drug-likeness (QED) is 0.578. The molecule has 3 rings (SSSR count). The predicted octanol–water partition coefficient (Wildman–Crippen LogP) is 5.04. The Morgan fingerprint density at radius 1 is 1.04 bits per heavy atom. The van der Waals surface area contributed by atoms with Crippen LogP contribution in [0.4, 0.5) is 5.69 Å². The van der Waals surface area contributed by atoms with E-state index in [1.54, 1.807) is 6.07 Å². The molecule has 0 aliphatic carbocycles. The van der Waals surface area contributed by atoms with E-state index in [0.29, 0.717) is 17.1 Å². The number of anilines is 1. The van der Waals surface area contributed by atoms with E-state index >= 15 is 0 Å². The van der Waals surface area contributed by atoms with Gasteiger partial charge in [-0.3, -0.25) is 9.40 Å². The Bertz CT molecular complexity index is 1130. The largest absolute Gasteiger partial charge is 0.280 e. The summed E-state index contributed by atoms with van der Waals surface area (Å²) in [5, 5.41) is 4.52. The molecule has 7 heteroatoms. The summed E-state index contributed by atoms with van der Waals surface area (Å²) < 4.78 is 31.6. The average Bonchev–Trinajstić information content (AvgIpc) is 2.80. The molecule has 0 radical (unpaired) electrons. The number of sulfonamides is 1. The Hall–Kier alpha value is -2.12. The molecule has 28 heavy (non-hydrogen) atoms. The Kier molecular flexibility index (Phi) is 5.68. The van der Waals surface area contributed by atoms with Gasteiger partial charge in [0.2, 0.25) is 0 Å². The highest BCUT2D eigenvalue weighted by molar-refractivity contribution is 9.10. The van der Waals surface area contributed by atoms with Gasteiger partial charge in [-0.05, 0) is 79.4 Å². The van der Waals surface area contributed by atoms with Crippen molar-refractivity contribution in [3.05, 3.63) is 74.5 Å². The summed E-state index contributed by atoms with van der Waals surface area (Å²) >= 11 is 3.54. The van der Waals surface area contributed by atoms with Crippen molar-refractivity contribution >= 4 is 31.6 Å². The molecule has 0 spiro atoms. The van der Waals surface area contributed by atoms with E-state index in [-0.39, 0.29) is 0 Å². The molecule has 0 saturated carbocycles. The highest BCUT2D eigenvalue weighted by Crippen LogP contribution is 2.25. The topological polar surface area (TPSA) is 64.0 Å². The summed E-state index contributed by atoms with van der Waals surface area (Å²) in [5.41, 5.74) is 6.01. The van der Waals surface area contributed by atoms with E-state index < -0.39 is 10.0 Å². The second-order valence-electron chi connectivity index (χ2n) is 7.18. The predicted molar refractivity (Wildman–Crippen MR) is 116 cm³/mol. The number of nitrogens with one attached hydrogen (secondary N) is 1. The van der Waals surface area contributed by atoms with E-state index in [0.717, 1.165) is 38.1 Å². The van der Waals surface area contributed by atoms with Crippen LogP contribution in [0.3, 0.4) is 0 Å². The molecule has 0 atom stereocenters. The summed E-state index contributed by atoms with van der Waals surface area (Å²) in [5.74, 6) is 0. The zero-order valence-electron chi connectivity index (χ0n) is 16.7. The van der Waals surface area contributed by atoms with E-state index in [2.05, 4.69) is 25.8 Å². The van der Waals surface area contributed by atoms with Gasteiger partial charge in [-0.15, -0.1) is 0 Å². The summed E-state index contributed by atoms with van der Waals surface area (Å²) in [6, 6.07) is 11.2. The van der Waals surface area contributed by atoms with E-state index in [4.69, 9.17) is 0 Å². The molecule has 0 unspecified atom stereocenters. The molecule has 0 aliphatic rings. The molecular formula is C21H24BrN3O2S. The van der Waals surface area contributed by atoms with Crippen molar-refractivity contribution in [2.75, 3.05) is 4.72 Å². The van der Waals surface area contributed by atoms with Crippen LogP contribution in [0, 0.1) is 34.6 Å². The van der Waals surface area contributed by atoms with Gasteiger partial charge in [-0.1, -0.05) is 29.8 Å². The van der Waals surface area contributed by atoms with Crippen LogP contribution in [0.5, 0.6) is 0 Å². The lowest BCUT2D eigenvalue weighted by Crippen LogP contribution is -2.16. The summed E-state index contributed by atoms with van der Waals surface area (Å²) in [7, 11) is -3.67. The fraction of sp³-hybridized carbons (Fsp3) is 0.286. The highest BCUT2D eigenvalue weighted by atomic mass is 79.9. The van der Waals surface area contributed by atoms with Crippen LogP contribution >= 0.6 is 15.9 Å². The molecule has 0 bridgehead atoms. The first kappa shape index (κ1) is 20.6. The van der Waals surface area contributed by atoms with Crippen LogP contribution in [-0.2, 0) is 16.6 Å². The number of aromatic nitrogens is 2. The second-order valence-corrected chi connectivity index (χ2v) is 9.59. The Labute approximate surface area is 175 Å². The van der Waals surface area contributed by atoms with Crippen molar-refractivity contribution in [3.63, 3.8) is 0 Å². The normalized spacial score (nSPS) is 11.6. The number of rotatable bonds is 5. The minimum absolute atomic E-state index is 0.339. The van der Waals surface area contributed by atoms with Gasteiger partial charge >= 0.3 is 0 Å². The van der Waals surface area contributed by atoms with Gasteiger partial charge in [0, 0.05) is 5.69 Å². The van der Waals surface area contributed by atoms with Gasteiger partial charge in [0.25, 0.3) is 10.0 Å². The van der Waals surface area contributed by atoms with Crippen LogP contribution in [0.25, 0.3) is 0 Å². The number of hydrogen-bond donors (Lipinski definition) is 1. The number of hydrogen-bond acceptors (Lipinski definition) is 3. The van der Waals surface area contributed by atoms with Gasteiger partial charge in [0.1, 0.15) is 0 Å². The SMILES string of the molecule is Cc1cc(C)c(S(=O)(=O)Nc2cccc(Cn3nc(C)c(Br)c3C)c2)c(C)c1. The molecule has 3 aromatic rings. The van der Waals surface area contributed by atoms with Crippen molar-refractivity contribution in [1.82, 2.24) is 9.78 Å². The van der Waals surface area contributed by atoms with Crippen LogP contribution in [0.1, 0.15) is 33.6 Å². The molecule has 5 nitrogen and oxygen atoms in total. The summed E-state index contributed by atoms with van der Waals surface area (Å²) in [4.78, 5) is 0.339. The number of halogens is 1. The third kappa shape index (κ3) is 4.15. The minimum atomic E-state index is -3.67. The van der Waals surface area contributed by atoms with Gasteiger partial charge in [-0.2, -0.15) is 5.10 Å². The minimum Gasteiger partial charge on any atom is -0.280 e. The lowest BCUT2D eigenvalue weighted by Gasteiger charge is -2.14. The van der Waals surface area contributed by atoms with E-state index in [1.807, 2.05) is 69.6 Å². The molecular weight excluding hydrogens is 438 g/mol. The van der Waals surface area contributed by atoms with Crippen LogP contribution in [0.2, 0.25) is 0 Å². The van der Waals surface area contributed by atoms with Crippen LogP contribution < -0.4 is 4.72 Å². The maximum absolute atomic E-state index is 13.0. The second kappa shape index (κ2) is 7.72. The molecule has 1 aromatic heterocycles. The lowest BCUT2D eigenvalue weighted by molar-refractivity contribution is 0.600. The standard InChI is InChI=1S/C21H24BrN3O2S/c1-13-9-14(2)21(15(3)10-13)28(26,27)24-19-8-6-7-18(11-19)12-25-17(5)20(22)16(4)23-25/h6-11,24H,12H2,1-5H3. The fourth-order valence-corrected chi connectivity index (χ4v) is 5.32. The number of benzene rings is 2. The highest BCUT2D eigenvalue weighted by Gasteiger charge is 2.20. The smallest absolute Gasteiger partial charge is 0.262 e. The monoisotopic (exact) mass is 461 g/mol. The van der Waals surface area contributed by atoms with Crippen LogP contribution in [0.15, 0.2) is 45.8 Å². The molecule has 1 heterocycles. The Balaban J connectivity index is 1.89. The fourth-order valence-electron chi connectivity index (χ4n) is 3.53. The molecule has 2 aromatic carbocycles. The maximum atomic E-state index is 13.0. The zero-order valence-corrected chi connectivity index (χ0v) is 19.1. The summed E-state index contributed by atoms with van der Waals surface area (Å²) in [6.07, 6.45) is 0.